The number of carbonyl (C=O) groups excluding carboxylic acids is 1. The molecule has 5 nitrogen and oxygen atoms in total. The number of thiophene rings is 1. The summed E-state index contributed by atoms with van der Waals surface area (Å²) in [6.07, 6.45) is 2.85. The molecule has 0 atom stereocenters. The lowest BCUT2D eigenvalue weighted by molar-refractivity contribution is 0.0711. The molecule has 134 valence electrons. The first kappa shape index (κ1) is 18.3. The van der Waals surface area contributed by atoms with Crippen LogP contribution in [0.5, 0.6) is 0 Å². The maximum atomic E-state index is 11.4. The van der Waals surface area contributed by atoms with Gasteiger partial charge < -0.3 is 5.32 Å². The van der Waals surface area contributed by atoms with Crippen LogP contribution in [0.3, 0.4) is 0 Å². The average molecular weight is 367 g/mol. The van der Waals surface area contributed by atoms with Gasteiger partial charge in [0.05, 0.1) is 15.4 Å². The average Bonchev–Trinajstić information content (AvgIpc) is 3.15. The molecule has 0 bridgehead atoms. The summed E-state index contributed by atoms with van der Waals surface area (Å²) in [5, 5.41) is 12.1. The van der Waals surface area contributed by atoms with Crippen LogP contribution in [0.15, 0.2) is 54.7 Å². The number of hydrogen-bond acceptors (Lipinski definition) is 5. The lowest BCUT2D eigenvalue weighted by Gasteiger charge is -2.06. The fraction of sp³-hybridized carbons (Fsp3) is 0.200. The maximum absolute atomic E-state index is 11.4. The van der Waals surface area contributed by atoms with Crippen molar-refractivity contribution in [3.63, 3.8) is 0 Å². The fourth-order valence-corrected chi connectivity index (χ4v) is 3.53. The van der Waals surface area contributed by atoms with E-state index in [-0.39, 0.29) is 0 Å². The molecule has 0 aliphatic carbocycles. The molecule has 1 aromatic carbocycles. The summed E-state index contributed by atoms with van der Waals surface area (Å²) in [4.78, 5) is 17.2. The number of amides is 1. The van der Waals surface area contributed by atoms with Crippen LogP contribution >= 0.6 is 11.3 Å². The van der Waals surface area contributed by atoms with Crippen LogP contribution in [0.1, 0.15) is 26.4 Å². The third-order valence-corrected chi connectivity index (χ3v) is 5.12. The van der Waals surface area contributed by atoms with Gasteiger partial charge in [0.1, 0.15) is 0 Å². The second kappa shape index (κ2) is 8.71. The molecule has 0 saturated carbocycles. The Labute approximate surface area is 156 Å². The molecule has 0 radical (unpaired) electrons. The largest absolute Gasteiger partial charge is 0.312 e. The first-order valence-electron chi connectivity index (χ1n) is 8.41. The number of nitrogens with one attached hydrogen (secondary N) is 2. The standard InChI is InChI=1S/C20H21N3O2S/c1-14-3-2-4-15(11-14)9-10-21-12-16-5-6-17(22-13-16)18-7-8-19(26-18)20(24)23-25/h2-8,11,13,21,25H,9-10,12H2,1H3,(H,23,24). The molecular formula is C20H21N3O2S. The van der Waals surface area contributed by atoms with E-state index in [1.165, 1.54) is 22.5 Å². The summed E-state index contributed by atoms with van der Waals surface area (Å²) in [5.74, 6) is -0.504. The zero-order chi connectivity index (χ0) is 18.4. The number of aromatic nitrogens is 1. The SMILES string of the molecule is Cc1cccc(CCNCc2ccc(-c3ccc(C(=O)NO)s3)nc2)c1. The maximum Gasteiger partial charge on any atom is 0.284 e. The van der Waals surface area contributed by atoms with E-state index in [0.717, 1.165) is 35.6 Å². The summed E-state index contributed by atoms with van der Waals surface area (Å²) in [6.45, 7) is 3.79. The van der Waals surface area contributed by atoms with Crippen molar-refractivity contribution in [1.82, 2.24) is 15.8 Å². The molecule has 2 aromatic heterocycles. The predicted molar refractivity (Wildman–Crippen MR) is 103 cm³/mol. The highest BCUT2D eigenvalue weighted by molar-refractivity contribution is 7.17. The Morgan fingerprint density at radius 3 is 2.77 bits per heavy atom. The quantitative estimate of drug-likeness (QED) is 0.339. The molecule has 26 heavy (non-hydrogen) atoms. The van der Waals surface area contributed by atoms with E-state index in [9.17, 15) is 4.79 Å². The van der Waals surface area contributed by atoms with Gasteiger partial charge in [0.25, 0.3) is 5.91 Å². The van der Waals surface area contributed by atoms with Gasteiger partial charge in [-0.1, -0.05) is 35.9 Å². The number of pyridine rings is 1. The van der Waals surface area contributed by atoms with Gasteiger partial charge in [-0.05, 0) is 49.2 Å². The summed E-state index contributed by atoms with van der Waals surface area (Å²) in [6, 6.07) is 16.1. The Morgan fingerprint density at radius 1 is 1.15 bits per heavy atom. The molecule has 3 N–H and O–H groups in total. The zero-order valence-corrected chi connectivity index (χ0v) is 15.3. The first-order valence-corrected chi connectivity index (χ1v) is 9.23. The molecule has 0 aliphatic rings. The molecule has 1 amide bonds. The second-order valence-electron chi connectivity index (χ2n) is 6.07. The normalized spacial score (nSPS) is 10.7. The van der Waals surface area contributed by atoms with Crippen molar-refractivity contribution in [3.8, 4) is 10.6 Å². The van der Waals surface area contributed by atoms with Crippen molar-refractivity contribution >= 4 is 17.2 Å². The Kier molecular flexibility index (Phi) is 6.12. The van der Waals surface area contributed by atoms with Crippen LogP contribution in [-0.4, -0.2) is 22.6 Å². The molecule has 0 fully saturated rings. The number of rotatable bonds is 7. The van der Waals surface area contributed by atoms with E-state index in [0.29, 0.717) is 4.88 Å². The monoisotopic (exact) mass is 367 g/mol. The first-order chi connectivity index (χ1) is 12.7. The van der Waals surface area contributed by atoms with Gasteiger partial charge in [-0.3, -0.25) is 15.0 Å². The van der Waals surface area contributed by atoms with Crippen LogP contribution in [0.25, 0.3) is 10.6 Å². The van der Waals surface area contributed by atoms with E-state index in [2.05, 4.69) is 41.5 Å². The smallest absolute Gasteiger partial charge is 0.284 e. The van der Waals surface area contributed by atoms with Crippen molar-refractivity contribution in [1.29, 1.82) is 0 Å². The minimum absolute atomic E-state index is 0.450. The number of hydroxylamine groups is 1. The van der Waals surface area contributed by atoms with Crippen LogP contribution in [0, 0.1) is 6.92 Å². The Balaban J connectivity index is 1.51. The Hall–Kier alpha value is -2.54. The summed E-state index contributed by atoms with van der Waals surface area (Å²) >= 11 is 1.29. The van der Waals surface area contributed by atoms with Crippen molar-refractivity contribution < 1.29 is 10.0 Å². The van der Waals surface area contributed by atoms with E-state index in [1.807, 2.05) is 24.4 Å². The molecule has 3 rings (SSSR count). The van der Waals surface area contributed by atoms with E-state index >= 15 is 0 Å². The minimum Gasteiger partial charge on any atom is -0.312 e. The lowest BCUT2D eigenvalue weighted by atomic mass is 10.1. The fourth-order valence-electron chi connectivity index (χ4n) is 2.66. The van der Waals surface area contributed by atoms with Gasteiger partial charge in [0.2, 0.25) is 0 Å². The summed E-state index contributed by atoms with van der Waals surface area (Å²) in [5.41, 5.74) is 6.20. The molecule has 2 heterocycles. The second-order valence-corrected chi connectivity index (χ2v) is 7.16. The molecule has 3 aromatic rings. The van der Waals surface area contributed by atoms with Gasteiger partial charge in [-0.15, -0.1) is 11.3 Å². The van der Waals surface area contributed by atoms with E-state index in [1.54, 1.807) is 11.5 Å². The molecule has 0 saturated heterocycles. The molecule has 0 spiro atoms. The van der Waals surface area contributed by atoms with Crippen molar-refractivity contribution in [3.05, 3.63) is 76.3 Å². The van der Waals surface area contributed by atoms with Crippen molar-refractivity contribution in [2.45, 2.75) is 19.9 Å². The van der Waals surface area contributed by atoms with E-state index in [4.69, 9.17) is 5.21 Å². The Morgan fingerprint density at radius 2 is 2.04 bits per heavy atom. The number of nitrogens with zero attached hydrogens (tertiary/aromatic N) is 1. The number of hydrogen-bond donors (Lipinski definition) is 3. The Bertz CT molecular complexity index is 875. The zero-order valence-electron chi connectivity index (χ0n) is 14.5. The van der Waals surface area contributed by atoms with Crippen LogP contribution < -0.4 is 10.8 Å². The third-order valence-electron chi connectivity index (χ3n) is 4.01. The molecule has 0 unspecified atom stereocenters. The molecular weight excluding hydrogens is 346 g/mol. The summed E-state index contributed by atoms with van der Waals surface area (Å²) in [7, 11) is 0. The summed E-state index contributed by atoms with van der Waals surface area (Å²) < 4.78 is 0. The lowest BCUT2D eigenvalue weighted by Crippen LogP contribution is -2.16. The minimum atomic E-state index is -0.504. The van der Waals surface area contributed by atoms with Crippen LogP contribution in [0.4, 0.5) is 0 Å². The van der Waals surface area contributed by atoms with Crippen LogP contribution in [-0.2, 0) is 13.0 Å². The number of carbonyl (C=O) groups is 1. The highest BCUT2D eigenvalue weighted by Crippen LogP contribution is 2.26. The number of benzene rings is 1. The van der Waals surface area contributed by atoms with Gasteiger partial charge in [0, 0.05) is 12.7 Å². The topological polar surface area (TPSA) is 74.2 Å². The highest BCUT2D eigenvalue weighted by atomic mass is 32.1. The van der Waals surface area contributed by atoms with Gasteiger partial charge in [0.15, 0.2) is 0 Å². The third kappa shape index (κ3) is 4.76. The van der Waals surface area contributed by atoms with Gasteiger partial charge in [-0.25, -0.2) is 5.48 Å². The van der Waals surface area contributed by atoms with Crippen LogP contribution in [0.2, 0.25) is 0 Å². The number of aryl methyl sites for hydroxylation is 1. The van der Waals surface area contributed by atoms with Gasteiger partial charge in [-0.2, -0.15) is 0 Å². The molecule has 6 heteroatoms. The predicted octanol–water partition coefficient (Wildman–Crippen LogP) is 3.57. The van der Waals surface area contributed by atoms with E-state index < -0.39 is 5.91 Å². The van der Waals surface area contributed by atoms with Crippen molar-refractivity contribution in [2.24, 2.45) is 0 Å². The molecule has 0 aliphatic heterocycles. The highest BCUT2D eigenvalue weighted by Gasteiger charge is 2.10. The van der Waals surface area contributed by atoms with Gasteiger partial charge >= 0.3 is 0 Å². The van der Waals surface area contributed by atoms with Crippen molar-refractivity contribution in [2.75, 3.05) is 6.54 Å².